The molecular weight excluding hydrogens is 217 g/mol. The summed E-state index contributed by atoms with van der Waals surface area (Å²) >= 11 is 0. The van der Waals surface area contributed by atoms with Gasteiger partial charge in [0.2, 0.25) is 0 Å². The Morgan fingerprint density at radius 3 is 2.25 bits per heavy atom. The fourth-order valence-electron chi connectivity index (χ4n) is 0.854. The molecule has 0 N–H and O–H groups in total. The van der Waals surface area contributed by atoms with Crippen LogP contribution in [0.5, 0.6) is 0 Å². The Bertz CT molecular complexity index is 285. The summed E-state index contributed by atoms with van der Waals surface area (Å²) in [6.07, 6.45) is 0.551. The SMILES string of the molecule is C=C/C(C)=C\C=C(\OCC(F)(F)F)C(C)C. The van der Waals surface area contributed by atoms with Crippen molar-refractivity contribution in [2.75, 3.05) is 6.61 Å². The van der Waals surface area contributed by atoms with Gasteiger partial charge in [-0.25, -0.2) is 0 Å². The van der Waals surface area contributed by atoms with E-state index in [-0.39, 0.29) is 5.92 Å². The van der Waals surface area contributed by atoms with Gasteiger partial charge in [-0.3, -0.25) is 0 Å². The maximum Gasteiger partial charge on any atom is 0.422 e. The lowest BCUT2D eigenvalue weighted by Crippen LogP contribution is -2.18. The molecule has 0 radical (unpaired) electrons. The highest BCUT2D eigenvalue weighted by Crippen LogP contribution is 2.19. The molecule has 0 heterocycles. The van der Waals surface area contributed by atoms with Gasteiger partial charge >= 0.3 is 6.18 Å². The standard InChI is InChI=1S/C12H17F3O/c1-5-10(4)6-7-11(9(2)3)16-8-12(13,14)15/h5-7,9H,1,8H2,2-4H3/b10-6-,11-7+. The highest BCUT2D eigenvalue weighted by Gasteiger charge is 2.29. The molecule has 0 spiro atoms. The summed E-state index contributed by atoms with van der Waals surface area (Å²) in [5.41, 5.74) is 0.869. The van der Waals surface area contributed by atoms with E-state index in [9.17, 15) is 13.2 Å². The average Bonchev–Trinajstić information content (AvgIpc) is 2.14. The maximum absolute atomic E-state index is 12.0. The van der Waals surface area contributed by atoms with Crippen LogP contribution < -0.4 is 0 Å². The molecule has 0 rings (SSSR count). The van der Waals surface area contributed by atoms with Gasteiger partial charge in [-0.15, -0.1) is 0 Å². The summed E-state index contributed by atoms with van der Waals surface area (Å²) in [6.45, 7) is 7.66. The summed E-state index contributed by atoms with van der Waals surface area (Å²) in [5, 5.41) is 0. The van der Waals surface area contributed by atoms with E-state index < -0.39 is 12.8 Å². The lowest BCUT2D eigenvalue weighted by atomic mass is 10.1. The summed E-state index contributed by atoms with van der Waals surface area (Å²) < 4.78 is 40.6. The zero-order valence-corrected chi connectivity index (χ0v) is 9.77. The highest BCUT2D eigenvalue weighted by atomic mass is 19.4. The van der Waals surface area contributed by atoms with E-state index >= 15 is 0 Å². The molecule has 0 aromatic rings. The van der Waals surface area contributed by atoms with Gasteiger partial charge in [0.25, 0.3) is 0 Å². The second-order valence-corrected chi connectivity index (χ2v) is 3.74. The van der Waals surface area contributed by atoms with Crippen molar-refractivity contribution in [1.29, 1.82) is 0 Å². The Hall–Kier alpha value is -1.19. The highest BCUT2D eigenvalue weighted by molar-refractivity contribution is 5.21. The molecule has 0 fully saturated rings. The van der Waals surface area contributed by atoms with E-state index in [4.69, 9.17) is 4.74 Å². The van der Waals surface area contributed by atoms with Crippen molar-refractivity contribution in [3.63, 3.8) is 0 Å². The van der Waals surface area contributed by atoms with Crippen molar-refractivity contribution in [3.05, 3.63) is 36.1 Å². The van der Waals surface area contributed by atoms with Crippen molar-refractivity contribution in [2.24, 2.45) is 5.92 Å². The number of ether oxygens (including phenoxy) is 1. The third-order valence-corrected chi connectivity index (χ3v) is 1.80. The van der Waals surface area contributed by atoms with E-state index in [0.29, 0.717) is 5.76 Å². The molecule has 4 heteroatoms. The zero-order valence-electron chi connectivity index (χ0n) is 9.77. The molecule has 0 aromatic carbocycles. The molecule has 92 valence electrons. The van der Waals surface area contributed by atoms with Crippen molar-refractivity contribution in [2.45, 2.75) is 26.9 Å². The maximum atomic E-state index is 12.0. The van der Waals surface area contributed by atoms with Gasteiger partial charge in [-0.1, -0.05) is 38.2 Å². The van der Waals surface area contributed by atoms with Crippen LogP contribution in [-0.4, -0.2) is 12.8 Å². The zero-order chi connectivity index (χ0) is 12.8. The van der Waals surface area contributed by atoms with Crippen LogP contribution in [0.15, 0.2) is 36.1 Å². The van der Waals surface area contributed by atoms with E-state index in [1.165, 1.54) is 0 Å². The lowest BCUT2D eigenvalue weighted by molar-refractivity contribution is -0.166. The summed E-state index contributed by atoms with van der Waals surface area (Å²) in [6, 6.07) is 0. The first-order valence-electron chi connectivity index (χ1n) is 4.96. The van der Waals surface area contributed by atoms with Gasteiger partial charge in [0.15, 0.2) is 6.61 Å². The minimum Gasteiger partial charge on any atom is -0.488 e. The summed E-state index contributed by atoms with van der Waals surface area (Å²) in [5.74, 6) is 0.231. The Morgan fingerprint density at radius 1 is 1.31 bits per heavy atom. The van der Waals surface area contributed by atoms with Gasteiger partial charge in [-0.05, 0) is 13.0 Å². The van der Waals surface area contributed by atoms with Crippen LogP contribution in [0.2, 0.25) is 0 Å². The van der Waals surface area contributed by atoms with E-state index in [0.717, 1.165) is 5.57 Å². The third-order valence-electron chi connectivity index (χ3n) is 1.80. The molecule has 0 aliphatic rings. The van der Waals surface area contributed by atoms with E-state index in [2.05, 4.69) is 6.58 Å². The van der Waals surface area contributed by atoms with Crippen molar-refractivity contribution < 1.29 is 17.9 Å². The third kappa shape index (κ3) is 7.15. The lowest BCUT2D eigenvalue weighted by Gasteiger charge is -2.14. The molecular formula is C12H17F3O. The minimum atomic E-state index is -4.30. The first-order valence-corrected chi connectivity index (χ1v) is 4.96. The monoisotopic (exact) mass is 234 g/mol. The minimum absolute atomic E-state index is 0.0868. The number of hydrogen-bond acceptors (Lipinski definition) is 1. The van der Waals surface area contributed by atoms with Crippen molar-refractivity contribution in [1.82, 2.24) is 0 Å². The fraction of sp³-hybridized carbons (Fsp3) is 0.500. The second kappa shape index (κ2) is 6.40. The second-order valence-electron chi connectivity index (χ2n) is 3.74. The molecule has 1 nitrogen and oxygen atoms in total. The Kier molecular flexibility index (Phi) is 5.93. The topological polar surface area (TPSA) is 9.23 Å². The number of allylic oxidation sites excluding steroid dienone is 5. The molecule has 16 heavy (non-hydrogen) atoms. The van der Waals surface area contributed by atoms with Gasteiger partial charge in [0.1, 0.15) is 0 Å². The molecule has 0 atom stereocenters. The summed E-state index contributed by atoms with van der Waals surface area (Å²) in [7, 11) is 0. The Balaban J connectivity index is 4.57. The molecule has 0 aliphatic heterocycles. The smallest absolute Gasteiger partial charge is 0.422 e. The van der Waals surface area contributed by atoms with Crippen LogP contribution in [-0.2, 0) is 4.74 Å². The van der Waals surface area contributed by atoms with Crippen molar-refractivity contribution in [3.8, 4) is 0 Å². The molecule has 0 amide bonds. The number of halogens is 3. The van der Waals surface area contributed by atoms with Crippen LogP contribution in [0.3, 0.4) is 0 Å². The predicted octanol–water partition coefficient (Wildman–Crippen LogP) is 4.24. The predicted molar refractivity (Wildman–Crippen MR) is 58.9 cm³/mol. The van der Waals surface area contributed by atoms with Gasteiger partial charge in [-0.2, -0.15) is 13.2 Å². The van der Waals surface area contributed by atoms with Crippen LogP contribution in [0.25, 0.3) is 0 Å². The van der Waals surface area contributed by atoms with Crippen LogP contribution in [0.1, 0.15) is 20.8 Å². The molecule has 0 aromatic heterocycles. The largest absolute Gasteiger partial charge is 0.488 e. The normalized spacial score (nSPS) is 14.2. The molecule has 0 unspecified atom stereocenters. The first kappa shape index (κ1) is 14.8. The van der Waals surface area contributed by atoms with Crippen LogP contribution in [0.4, 0.5) is 13.2 Å². The number of hydrogen-bond donors (Lipinski definition) is 0. The summed E-state index contributed by atoms with van der Waals surface area (Å²) in [4.78, 5) is 0. The first-order chi connectivity index (χ1) is 7.26. The number of rotatable bonds is 5. The van der Waals surface area contributed by atoms with Crippen LogP contribution in [0, 0.1) is 5.92 Å². The molecule has 0 saturated carbocycles. The molecule has 0 saturated heterocycles. The molecule has 0 bridgehead atoms. The number of alkyl halides is 3. The van der Waals surface area contributed by atoms with Gasteiger partial charge in [0.05, 0.1) is 5.76 Å². The Labute approximate surface area is 94.3 Å². The molecule has 0 aliphatic carbocycles. The quantitative estimate of drug-likeness (QED) is 0.510. The van der Waals surface area contributed by atoms with Gasteiger partial charge in [0, 0.05) is 5.92 Å². The fourth-order valence-corrected chi connectivity index (χ4v) is 0.854. The Morgan fingerprint density at radius 2 is 1.88 bits per heavy atom. The van der Waals surface area contributed by atoms with E-state index in [1.54, 1.807) is 32.1 Å². The van der Waals surface area contributed by atoms with E-state index in [1.807, 2.05) is 6.92 Å². The van der Waals surface area contributed by atoms with Crippen LogP contribution >= 0.6 is 0 Å². The van der Waals surface area contributed by atoms with Gasteiger partial charge < -0.3 is 4.74 Å². The van der Waals surface area contributed by atoms with Crippen molar-refractivity contribution >= 4 is 0 Å². The average molecular weight is 234 g/mol.